The molecule has 2 heteroatoms. The van der Waals surface area contributed by atoms with Gasteiger partial charge in [0.1, 0.15) is 0 Å². The molecule has 2 nitrogen and oxygen atoms in total. The first-order valence-corrected chi connectivity index (χ1v) is 1.76. The topological polar surface area (TPSA) is 33.1 Å². The van der Waals surface area contributed by atoms with E-state index in [9.17, 15) is 0 Å². The summed E-state index contributed by atoms with van der Waals surface area (Å²) in [6.07, 6.45) is 1.99. The van der Waals surface area contributed by atoms with E-state index in [2.05, 4.69) is 11.0 Å². The highest BCUT2D eigenvalue weighted by Crippen LogP contribution is 1.76. The first kappa shape index (κ1) is 5.63. The molecule has 0 aromatic heterocycles. The van der Waals surface area contributed by atoms with Gasteiger partial charge >= 0.3 is 0 Å². The van der Waals surface area contributed by atoms with Crippen LogP contribution >= 0.6 is 0 Å². The number of nitrogens with one attached hydrogen (secondary N) is 1. The molecule has 0 aromatic rings. The van der Waals surface area contributed by atoms with E-state index in [0.29, 0.717) is 0 Å². The Labute approximate surface area is 37.6 Å². The van der Waals surface area contributed by atoms with Crippen molar-refractivity contribution in [2.75, 3.05) is 7.11 Å². The summed E-state index contributed by atoms with van der Waals surface area (Å²) in [7, 11) is 1.55. The van der Waals surface area contributed by atoms with Crippen molar-refractivity contribution in [3.8, 4) is 0 Å². The maximum absolute atomic E-state index is 6.43. The molecule has 0 bridgehead atoms. The van der Waals surface area contributed by atoms with Gasteiger partial charge in [-0.05, 0) is 6.92 Å². The molecule has 1 N–H and O–H groups in total. The van der Waals surface area contributed by atoms with Gasteiger partial charge in [-0.15, -0.1) is 0 Å². The van der Waals surface area contributed by atoms with Gasteiger partial charge in [0.15, 0.2) is 0 Å². The Balaban J connectivity index is 2.96. The first-order chi connectivity index (χ1) is 2.81. The van der Waals surface area contributed by atoms with Crippen LogP contribution in [0, 0.1) is 5.41 Å². The predicted molar refractivity (Wildman–Crippen MR) is 24.2 cm³/mol. The molecular weight excluding hydrogens is 78.0 g/mol. The Kier molecular flexibility index (Phi) is 2.67. The predicted octanol–water partition coefficient (Wildman–Crippen LogP) is 0.548. The van der Waals surface area contributed by atoms with Crippen LogP contribution in [-0.4, -0.2) is 19.4 Å². The van der Waals surface area contributed by atoms with Gasteiger partial charge < -0.3 is 10.1 Å². The zero-order valence-electron chi connectivity index (χ0n) is 3.99. The number of rotatable bonds is 2. The molecule has 0 saturated heterocycles. The van der Waals surface area contributed by atoms with E-state index in [4.69, 9.17) is 5.41 Å². The van der Waals surface area contributed by atoms with E-state index < -0.39 is 0 Å². The second kappa shape index (κ2) is 2.85. The Morgan fingerprint density at radius 1 is 1.83 bits per heavy atom. The van der Waals surface area contributed by atoms with Gasteiger partial charge in [-0.1, -0.05) is 0 Å². The van der Waals surface area contributed by atoms with Crippen molar-refractivity contribution in [3.05, 3.63) is 0 Å². The van der Waals surface area contributed by atoms with Gasteiger partial charge in [0, 0.05) is 7.11 Å². The molecule has 0 aliphatic rings. The van der Waals surface area contributed by atoms with E-state index >= 15 is 0 Å². The van der Waals surface area contributed by atoms with E-state index in [1.807, 2.05) is 0 Å². The summed E-state index contributed by atoms with van der Waals surface area (Å²) in [5.74, 6) is 0. The van der Waals surface area contributed by atoms with Crippen LogP contribution in [-0.2, 0) is 4.74 Å². The summed E-state index contributed by atoms with van der Waals surface area (Å²) in [5.41, 5.74) is 0. The summed E-state index contributed by atoms with van der Waals surface area (Å²) < 4.78 is 4.60. The van der Waals surface area contributed by atoms with Gasteiger partial charge in [0.25, 0.3) is 0 Å². The van der Waals surface area contributed by atoms with Gasteiger partial charge in [0.2, 0.25) is 0 Å². The average Bonchev–Trinajstić information content (AvgIpc) is 1.65. The highest BCUT2D eigenvalue weighted by Gasteiger charge is 1.86. The fourth-order valence-electron chi connectivity index (χ4n) is 0.0589. The van der Waals surface area contributed by atoms with Crippen LogP contribution in [0.1, 0.15) is 6.92 Å². The monoisotopic (exact) mass is 86.1 g/mol. The molecule has 0 aliphatic carbocycles. The number of ether oxygens (including phenoxy) is 1. The molecule has 1 unspecified atom stereocenters. The maximum atomic E-state index is 6.43. The minimum absolute atomic E-state index is 0.148. The van der Waals surface area contributed by atoms with Crippen molar-refractivity contribution in [2.24, 2.45) is 0 Å². The third-order valence-electron chi connectivity index (χ3n) is 0.557. The SMILES string of the molecule is COC(C)[C]=N. The molecule has 0 saturated carbocycles. The molecule has 6 heavy (non-hydrogen) atoms. The minimum Gasteiger partial charge on any atom is -0.375 e. The molecule has 0 amide bonds. The highest BCUT2D eigenvalue weighted by molar-refractivity contribution is 5.58. The summed E-state index contributed by atoms with van der Waals surface area (Å²) in [6.45, 7) is 1.76. The second-order valence-electron chi connectivity index (χ2n) is 1.02. The lowest BCUT2D eigenvalue weighted by Crippen LogP contribution is -2.03. The molecule has 0 rings (SSSR count). The highest BCUT2D eigenvalue weighted by atomic mass is 16.5. The normalized spacial score (nSPS) is 13.7. The molecule has 1 radical (unpaired) electrons. The average molecular weight is 86.1 g/mol. The minimum atomic E-state index is -0.148. The third kappa shape index (κ3) is 1.91. The van der Waals surface area contributed by atoms with Crippen molar-refractivity contribution in [1.29, 1.82) is 5.41 Å². The summed E-state index contributed by atoms with van der Waals surface area (Å²) >= 11 is 0. The fourth-order valence-corrected chi connectivity index (χ4v) is 0.0589. The standard InChI is InChI=1S/C4H8NO/c1-4(3-5)6-2/h4-5H,1-2H3. The van der Waals surface area contributed by atoms with Gasteiger partial charge in [-0.2, -0.15) is 0 Å². The van der Waals surface area contributed by atoms with E-state index in [1.54, 1.807) is 14.0 Å². The number of hydrogen-bond donors (Lipinski definition) is 1. The lowest BCUT2D eigenvalue weighted by atomic mass is 10.5. The molecule has 35 valence electrons. The smallest absolute Gasteiger partial charge is 0.0974 e. The van der Waals surface area contributed by atoms with Crippen LogP contribution in [0.15, 0.2) is 0 Å². The van der Waals surface area contributed by atoms with Crippen LogP contribution in [0.25, 0.3) is 0 Å². The molecule has 1 atom stereocenters. The van der Waals surface area contributed by atoms with Crippen LogP contribution in [0.5, 0.6) is 0 Å². The Bertz CT molecular complexity index is 44.8. The lowest BCUT2D eigenvalue weighted by Gasteiger charge is -1.94. The van der Waals surface area contributed by atoms with Crippen molar-refractivity contribution in [2.45, 2.75) is 13.0 Å². The number of methoxy groups -OCH3 is 1. The second-order valence-corrected chi connectivity index (χ2v) is 1.02. The zero-order valence-corrected chi connectivity index (χ0v) is 3.99. The Morgan fingerprint density at radius 2 is 2.33 bits per heavy atom. The van der Waals surface area contributed by atoms with Crippen molar-refractivity contribution >= 4 is 6.21 Å². The van der Waals surface area contributed by atoms with Crippen LogP contribution < -0.4 is 0 Å². The summed E-state index contributed by atoms with van der Waals surface area (Å²) in [5, 5.41) is 6.43. The van der Waals surface area contributed by atoms with E-state index in [0.717, 1.165) is 0 Å². The van der Waals surface area contributed by atoms with Gasteiger partial charge in [-0.3, -0.25) is 0 Å². The van der Waals surface area contributed by atoms with Crippen molar-refractivity contribution in [1.82, 2.24) is 0 Å². The van der Waals surface area contributed by atoms with E-state index in [-0.39, 0.29) is 6.10 Å². The molecular formula is C4H8NO. The van der Waals surface area contributed by atoms with Crippen LogP contribution in [0.3, 0.4) is 0 Å². The third-order valence-corrected chi connectivity index (χ3v) is 0.557. The van der Waals surface area contributed by atoms with Crippen molar-refractivity contribution in [3.63, 3.8) is 0 Å². The van der Waals surface area contributed by atoms with Gasteiger partial charge in [-0.25, -0.2) is 0 Å². The van der Waals surface area contributed by atoms with E-state index in [1.165, 1.54) is 0 Å². The van der Waals surface area contributed by atoms with Crippen LogP contribution in [0.2, 0.25) is 0 Å². The molecule has 0 spiro atoms. The van der Waals surface area contributed by atoms with Crippen LogP contribution in [0.4, 0.5) is 0 Å². The largest absolute Gasteiger partial charge is 0.375 e. The Morgan fingerprint density at radius 3 is 2.33 bits per heavy atom. The van der Waals surface area contributed by atoms with Crippen molar-refractivity contribution < 1.29 is 4.74 Å². The molecule has 0 aliphatic heterocycles. The van der Waals surface area contributed by atoms with Gasteiger partial charge in [0.05, 0.1) is 12.3 Å². The summed E-state index contributed by atoms with van der Waals surface area (Å²) in [6, 6.07) is 0. The Hall–Kier alpha value is -0.370. The molecule has 0 fully saturated rings. The zero-order chi connectivity index (χ0) is 4.99. The quantitative estimate of drug-likeness (QED) is 0.489. The molecule has 0 heterocycles. The fraction of sp³-hybridized carbons (Fsp3) is 0.750. The number of hydrogen-bond acceptors (Lipinski definition) is 2. The molecule has 0 aromatic carbocycles. The lowest BCUT2D eigenvalue weighted by molar-refractivity contribution is 0.174. The first-order valence-electron chi connectivity index (χ1n) is 1.76. The maximum Gasteiger partial charge on any atom is 0.0974 e. The summed E-state index contributed by atoms with van der Waals surface area (Å²) in [4.78, 5) is 0.